The minimum Gasteiger partial charge on any atom is -1.00 e. The van der Waals surface area contributed by atoms with Gasteiger partial charge in [0.2, 0.25) is 0 Å². The number of hydrogen-bond acceptors (Lipinski definition) is 2. The maximum absolute atomic E-state index is 11.6. The third kappa shape index (κ3) is 4.59. The van der Waals surface area contributed by atoms with E-state index >= 15 is 0 Å². The Labute approximate surface area is 120 Å². The molecule has 0 saturated heterocycles. The smallest absolute Gasteiger partial charge is 1.00 e. The fourth-order valence-corrected chi connectivity index (χ4v) is 1.42. The monoisotopic (exact) mass is 238 g/mol. The molecule has 0 amide bonds. The van der Waals surface area contributed by atoms with Gasteiger partial charge in [-0.3, -0.25) is 4.79 Å². The van der Waals surface area contributed by atoms with E-state index in [-0.39, 0.29) is 31.9 Å². The first-order chi connectivity index (χ1) is 7.84. The fourth-order valence-electron chi connectivity index (χ4n) is 1.42. The molecular formula is C14H14MgO2. The predicted molar refractivity (Wildman–Crippen MR) is 70.2 cm³/mol. The second-order valence-electron chi connectivity index (χ2n) is 3.45. The molecular weight excluding hydrogens is 224 g/mol. The molecule has 0 atom stereocenters. The SMILES string of the molecule is O=C(Cc1ccccc1)Oc1ccccc1.[H-].[H-].[Mg+2]. The van der Waals surface area contributed by atoms with E-state index < -0.39 is 0 Å². The quantitative estimate of drug-likeness (QED) is 0.467. The molecule has 17 heavy (non-hydrogen) atoms. The fraction of sp³-hybridized carbons (Fsp3) is 0.0714. The second kappa shape index (κ2) is 7.09. The summed E-state index contributed by atoms with van der Waals surface area (Å²) < 4.78 is 5.18. The molecule has 2 aromatic rings. The third-order valence-corrected chi connectivity index (χ3v) is 2.17. The van der Waals surface area contributed by atoms with Crippen LogP contribution >= 0.6 is 0 Å². The van der Waals surface area contributed by atoms with Crippen LogP contribution in [0.15, 0.2) is 60.7 Å². The van der Waals surface area contributed by atoms with E-state index in [1.807, 2.05) is 48.5 Å². The zero-order valence-electron chi connectivity index (χ0n) is 11.5. The first-order valence-corrected chi connectivity index (χ1v) is 5.14. The van der Waals surface area contributed by atoms with Crippen molar-refractivity contribution in [3.05, 3.63) is 66.2 Å². The molecule has 0 radical (unpaired) electrons. The van der Waals surface area contributed by atoms with Crippen molar-refractivity contribution in [3.8, 4) is 5.75 Å². The molecule has 2 aromatic carbocycles. The predicted octanol–water partition coefficient (Wildman–Crippen LogP) is 2.68. The zero-order valence-corrected chi connectivity index (χ0v) is 10.9. The second-order valence-corrected chi connectivity index (χ2v) is 3.45. The molecule has 0 aromatic heterocycles. The van der Waals surface area contributed by atoms with Gasteiger partial charge in [-0.25, -0.2) is 0 Å². The molecule has 0 unspecified atom stereocenters. The number of esters is 1. The van der Waals surface area contributed by atoms with Gasteiger partial charge < -0.3 is 7.59 Å². The van der Waals surface area contributed by atoms with Crippen LogP contribution in [0, 0.1) is 0 Å². The van der Waals surface area contributed by atoms with Crippen molar-refractivity contribution < 1.29 is 12.4 Å². The van der Waals surface area contributed by atoms with Gasteiger partial charge in [0.25, 0.3) is 0 Å². The van der Waals surface area contributed by atoms with Gasteiger partial charge in [-0.15, -0.1) is 0 Å². The Balaban J connectivity index is 0. The number of rotatable bonds is 3. The minimum absolute atomic E-state index is 0. The number of benzene rings is 2. The Morgan fingerprint density at radius 1 is 0.941 bits per heavy atom. The number of ether oxygens (including phenoxy) is 1. The van der Waals surface area contributed by atoms with E-state index in [1.165, 1.54) is 0 Å². The van der Waals surface area contributed by atoms with Gasteiger partial charge in [0.05, 0.1) is 6.42 Å². The molecule has 3 heteroatoms. The van der Waals surface area contributed by atoms with Crippen LogP contribution in [0.5, 0.6) is 5.75 Å². The van der Waals surface area contributed by atoms with Crippen molar-refractivity contribution in [1.82, 2.24) is 0 Å². The summed E-state index contributed by atoms with van der Waals surface area (Å²) in [6, 6.07) is 18.7. The average Bonchev–Trinajstić information content (AvgIpc) is 2.31. The summed E-state index contributed by atoms with van der Waals surface area (Å²) in [7, 11) is 0. The molecule has 2 nitrogen and oxygen atoms in total. The van der Waals surface area contributed by atoms with Crippen LogP contribution in [-0.4, -0.2) is 29.0 Å². The summed E-state index contributed by atoms with van der Waals surface area (Å²) in [6.07, 6.45) is 0.301. The summed E-state index contributed by atoms with van der Waals surface area (Å²) in [4.78, 5) is 11.6. The third-order valence-electron chi connectivity index (χ3n) is 2.17. The van der Waals surface area contributed by atoms with Crippen LogP contribution < -0.4 is 4.74 Å². The van der Waals surface area contributed by atoms with Gasteiger partial charge in [-0.2, -0.15) is 0 Å². The zero-order chi connectivity index (χ0) is 11.2. The molecule has 0 saturated carbocycles. The normalized spacial score (nSPS) is 9.18. The first-order valence-electron chi connectivity index (χ1n) is 5.14. The summed E-state index contributed by atoms with van der Waals surface area (Å²) in [5.74, 6) is 0.348. The van der Waals surface area contributed by atoms with Gasteiger partial charge in [0, 0.05) is 0 Å². The van der Waals surface area contributed by atoms with Crippen LogP contribution in [0.3, 0.4) is 0 Å². The van der Waals surface area contributed by atoms with Gasteiger partial charge in [-0.1, -0.05) is 48.5 Å². The number of carbonyl (C=O) groups is 1. The van der Waals surface area contributed by atoms with Gasteiger partial charge in [0.1, 0.15) is 5.75 Å². The number of carbonyl (C=O) groups excluding carboxylic acids is 1. The summed E-state index contributed by atoms with van der Waals surface area (Å²) >= 11 is 0. The van der Waals surface area contributed by atoms with E-state index in [1.54, 1.807) is 12.1 Å². The van der Waals surface area contributed by atoms with Crippen molar-refractivity contribution in [3.63, 3.8) is 0 Å². The number of hydrogen-bond donors (Lipinski definition) is 0. The average molecular weight is 239 g/mol. The van der Waals surface area contributed by atoms with Crippen molar-refractivity contribution >= 4 is 29.0 Å². The molecule has 0 aliphatic carbocycles. The maximum atomic E-state index is 11.6. The van der Waals surface area contributed by atoms with E-state index in [9.17, 15) is 4.79 Å². The van der Waals surface area contributed by atoms with E-state index in [2.05, 4.69) is 0 Å². The standard InChI is InChI=1S/C14H12O2.Mg.2H/c15-14(11-12-7-3-1-4-8-12)16-13-9-5-2-6-10-13;;;/h1-10H,11H2;;;/q;+2;2*-1. The van der Waals surface area contributed by atoms with E-state index in [0.717, 1.165) is 5.56 Å². The molecule has 0 spiro atoms. The Hall–Kier alpha value is -1.32. The first kappa shape index (κ1) is 13.7. The van der Waals surface area contributed by atoms with Crippen molar-refractivity contribution in [2.24, 2.45) is 0 Å². The van der Waals surface area contributed by atoms with Crippen molar-refractivity contribution in [1.29, 1.82) is 0 Å². The Kier molecular flexibility index (Phi) is 5.73. The molecule has 2 rings (SSSR count). The summed E-state index contributed by atoms with van der Waals surface area (Å²) in [6.45, 7) is 0. The Bertz CT molecular complexity index is 420. The van der Waals surface area contributed by atoms with Crippen LogP contribution in [0.4, 0.5) is 0 Å². The largest absolute Gasteiger partial charge is 2.00 e. The maximum Gasteiger partial charge on any atom is 2.00 e. The molecule has 84 valence electrons. The van der Waals surface area contributed by atoms with Gasteiger partial charge in [-0.05, 0) is 17.7 Å². The Morgan fingerprint density at radius 3 is 2.06 bits per heavy atom. The van der Waals surface area contributed by atoms with Crippen LogP contribution in [0.1, 0.15) is 8.42 Å². The molecule has 0 fully saturated rings. The van der Waals surface area contributed by atoms with E-state index in [4.69, 9.17) is 4.74 Å². The van der Waals surface area contributed by atoms with E-state index in [0.29, 0.717) is 12.2 Å². The molecule has 0 aliphatic rings. The molecule has 0 heterocycles. The minimum atomic E-state index is -0.239. The number of para-hydroxylation sites is 1. The molecule has 0 bridgehead atoms. The molecule has 0 N–H and O–H groups in total. The topological polar surface area (TPSA) is 26.3 Å². The van der Waals surface area contributed by atoms with Gasteiger partial charge in [0.15, 0.2) is 0 Å². The molecule has 0 aliphatic heterocycles. The van der Waals surface area contributed by atoms with Gasteiger partial charge >= 0.3 is 29.0 Å². The van der Waals surface area contributed by atoms with Crippen LogP contribution in [-0.2, 0) is 11.2 Å². The van der Waals surface area contributed by atoms with Crippen LogP contribution in [0.25, 0.3) is 0 Å². The summed E-state index contributed by atoms with van der Waals surface area (Å²) in [5.41, 5.74) is 0.962. The van der Waals surface area contributed by atoms with Crippen molar-refractivity contribution in [2.45, 2.75) is 6.42 Å². The Morgan fingerprint density at radius 2 is 1.47 bits per heavy atom. The summed E-state index contributed by atoms with van der Waals surface area (Å²) in [5, 5.41) is 0. The van der Waals surface area contributed by atoms with Crippen molar-refractivity contribution in [2.75, 3.05) is 0 Å². The van der Waals surface area contributed by atoms with Crippen LogP contribution in [0.2, 0.25) is 0 Å².